The quantitative estimate of drug-likeness (QED) is 0.759. The molecule has 0 saturated carbocycles. The van der Waals surface area contributed by atoms with Crippen LogP contribution >= 0.6 is 11.3 Å². The van der Waals surface area contributed by atoms with Crippen molar-refractivity contribution in [1.29, 1.82) is 0 Å². The summed E-state index contributed by atoms with van der Waals surface area (Å²) in [5.41, 5.74) is 1.08. The average Bonchev–Trinajstić information content (AvgIpc) is 2.95. The Morgan fingerprint density at radius 2 is 2.15 bits per heavy atom. The summed E-state index contributed by atoms with van der Waals surface area (Å²) in [4.78, 5) is 12.5. The maximum Gasteiger partial charge on any atom is 0.185 e. The molecule has 5 heteroatoms. The molecule has 0 aliphatic rings. The standard InChI is InChI=1S/C15H22N4S/c1-3-8-16-10-14-11-18-15(20-14)19(4-2)12-13-7-5-6-9-17-13/h5-7,9,11,16H,3-4,8,10,12H2,1-2H3. The molecule has 2 aromatic heterocycles. The predicted octanol–water partition coefficient (Wildman–Crippen LogP) is 3.06. The third-order valence-electron chi connectivity index (χ3n) is 3.00. The fraction of sp³-hybridized carbons (Fsp3) is 0.467. The molecule has 0 aliphatic heterocycles. The van der Waals surface area contributed by atoms with Gasteiger partial charge < -0.3 is 10.2 Å². The third-order valence-corrected chi connectivity index (χ3v) is 4.06. The van der Waals surface area contributed by atoms with Gasteiger partial charge in [0.2, 0.25) is 0 Å². The molecule has 4 nitrogen and oxygen atoms in total. The first kappa shape index (κ1) is 14.9. The zero-order valence-electron chi connectivity index (χ0n) is 12.2. The minimum absolute atomic E-state index is 0.812. The van der Waals surface area contributed by atoms with Crippen LogP contribution in [-0.2, 0) is 13.1 Å². The highest BCUT2D eigenvalue weighted by molar-refractivity contribution is 7.15. The van der Waals surface area contributed by atoms with Crippen molar-refractivity contribution in [2.24, 2.45) is 0 Å². The lowest BCUT2D eigenvalue weighted by molar-refractivity contribution is 0.681. The van der Waals surface area contributed by atoms with Crippen LogP contribution in [0, 0.1) is 0 Å². The number of hydrogen-bond acceptors (Lipinski definition) is 5. The number of aromatic nitrogens is 2. The van der Waals surface area contributed by atoms with Crippen LogP contribution in [0.25, 0.3) is 0 Å². The van der Waals surface area contributed by atoms with Crippen molar-refractivity contribution in [2.75, 3.05) is 18.0 Å². The Morgan fingerprint density at radius 3 is 2.85 bits per heavy atom. The van der Waals surface area contributed by atoms with Crippen molar-refractivity contribution in [2.45, 2.75) is 33.4 Å². The van der Waals surface area contributed by atoms with E-state index < -0.39 is 0 Å². The summed E-state index contributed by atoms with van der Waals surface area (Å²) in [5, 5.41) is 4.49. The van der Waals surface area contributed by atoms with Gasteiger partial charge in [-0.05, 0) is 32.0 Å². The Morgan fingerprint density at radius 1 is 1.25 bits per heavy atom. The number of nitrogens with one attached hydrogen (secondary N) is 1. The van der Waals surface area contributed by atoms with Crippen LogP contribution in [0.2, 0.25) is 0 Å². The summed E-state index contributed by atoms with van der Waals surface area (Å²) < 4.78 is 0. The Labute approximate surface area is 124 Å². The number of hydrogen-bond donors (Lipinski definition) is 1. The summed E-state index contributed by atoms with van der Waals surface area (Å²) >= 11 is 1.76. The highest BCUT2D eigenvalue weighted by Crippen LogP contribution is 2.23. The number of nitrogens with zero attached hydrogens (tertiary/aromatic N) is 3. The molecule has 0 aliphatic carbocycles. The molecule has 108 valence electrons. The van der Waals surface area contributed by atoms with Gasteiger partial charge in [-0.2, -0.15) is 0 Å². The predicted molar refractivity (Wildman–Crippen MR) is 85.1 cm³/mol. The molecule has 0 saturated heterocycles. The molecule has 0 atom stereocenters. The van der Waals surface area contributed by atoms with Gasteiger partial charge in [-0.25, -0.2) is 4.98 Å². The molecule has 2 rings (SSSR count). The van der Waals surface area contributed by atoms with Crippen LogP contribution in [0.4, 0.5) is 5.13 Å². The number of anilines is 1. The Kier molecular flexibility index (Phi) is 5.95. The molecule has 2 aromatic rings. The van der Waals surface area contributed by atoms with E-state index in [1.807, 2.05) is 24.5 Å². The fourth-order valence-electron chi connectivity index (χ4n) is 1.92. The van der Waals surface area contributed by atoms with Crippen molar-refractivity contribution in [3.05, 3.63) is 41.2 Å². The maximum absolute atomic E-state index is 4.54. The number of thiazole rings is 1. The van der Waals surface area contributed by atoms with E-state index in [1.54, 1.807) is 11.3 Å². The van der Waals surface area contributed by atoms with Gasteiger partial charge in [0.15, 0.2) is 5.13 Å². The number of rotatable bonds is 8. The first-order chi connectivity index (χ1) is 9.83. The molecule has 1 N–H and O–H groups in total. The minimum Gasteiger partial charge on any atom is -0.342 e. The lowest BCUT2D eigenvalue weighted by Gasteiger charge is -2.19. The first-order valence-electron chi connectivity index (χ1n) is 7.13. The van der Waals surface area contributed by atoms with Crippen molar-refractivity contribution >= 4 is 16.5 Å². The second-order valence-electron chi connectivity index (χ2n) is 4.62. The van der Waals surface area contributed by atoms with Gasteiger partial charge in [-0.15, -0.1) is 11.3 Å². The lowest BCUT2D eigenvalue weighted by atomic mass is 10.3. The van der Waals surface area contributed by atoms with Crippen LogP contribution in [0.5, 0.6) is 0 Å². The van der Waals surface area contributed by atoms with Crippen molar-refractivity contribution in [3.63, 3.8) is 0 Å². The molecule has 0 amide bonds. The summed E-state index contributed by atoms with van der Waals surface area (Å²) in [6.07, 6.45) is 4.97. The lowest BCUT2D eigenvalue weighted by Crippen LogP contribution is -2.22. The highest BCUT2D eigenvalue weighted by atomic mass is 32.1. The van der Waals surface area contributed by atoms with Crippen LogP contribution in [0.1, 0.15) is 30.8 Å². The summed E-state index contributed by atoms with van der Waals surface area (Å²) in [6, 6.07) is 6.03. The molecule has 0 unspecified atom stereocenters. The van der Waals surface area contributed by atoms with Crippen LogP contribution in [-0.4, -0.2) is 23.1 Å². The topological polar surface area (TPSA) is 41.1 Å². The normalized spacial score (nSPS) is 10.7. The molecule has 20 heavy (non-hydrogen) atoms. The van der Waals surface area contributed by atoms with Gasteiger partial charge in [0.1, 0.15) is 0 Å². The second kappa shape index (κ2) is 7.97. The fourth-order valence-corrected chi connectivity index (χ4v) is 2.86. The van der Waals surface area contributed by atoms with Gasteiger partial charge in [0, 0.05) is 30.4 Å². The van der Waals surface area contributed by atoms with Crippen LogP contribution in [0.3, 0.4) is 0 Å². The van der Waals surface area contributed by atoms with Crippen molar-refractivity contribution < 1.29 is 0 Å². The molecule has 0 aromatic carbocycles. The van der Waals surface area contributed by atoms with E-state index in [9.17, 15) is 0 Å². The first-order valence-corrected chi connectivity index (χ1v) is 7.95. The van der Waals surface area contributed by atoms with Crippen molar-refractivity contribution in [1.82, 2.24) is 15.3 Å². The highest BCUT2D eigenvalue weighted by Gasteiger charge is 2.10. The summed E-state index contributed by atoms with van der Waals surface area (Å²) in [6.45, 7) is 8.04. The van der Waals surface area contributed by atoms with Crippen molar-refractivity contribution in [3.8, 4) is 0 Å². The molecular weight excluding hydrogens is 268 g/mol. The van der Waals surface area contributed by atoms with Crippen LogP contribution < -0.4 is 10.2 Å². The minimum atomic E-state index is 0.812. The van der Waals surface area contributed by atoms with Gasteiger partial charge in [0.05, 0.1) is 12.2 Å². The summed E-state index contributed by atoms with van der Waals surface area (Å²) in [7, 11) is 0. The smallest absolute Gasteiger partial charge is 0.185 e. The van der Waals surface area contributed by atoms with E-state index in [1.165, 1.54) is 4.88 Å². The molecule has 0 fully saturated rings. The van der Waals surface area contributed by atoms with E-state index in [0.29, 0.717) is 0 Å². The molecule has 0 bridgehead atoms. The Balaban J connectivity index is 1.97. The third kappa shape index (κ3) is 4.28. The molecule has 0 spiro atoms. The van der Waals surface area contributed by atoms with E-state index in [2.05, 4.69) is 40.1 Å². The van der Waals surface area contributed by atoms with Gasteiger partial charge in [0.25, 0.3) is 0 Å². The monoisotopic (exact) mass is 290 g/mol. The zero-order valence-corrected chi connectivity index (χ0v) is 13.0. The van der Waals surface area contributed by atoms with Gasteiger partial charge in [-0.3, -0.25) is 4.98 Å². The second-order valence-corrected chi connectivity index (χ2v) is 5.71. The van der Waals surface area contributed by atoms with Crippen LogP contribution in [0.15, 0.2) is 30.6 Å². The summed E-state index contributed by atoms with van der Waals surface area (Å²) in [5.74, 6) is 0. The SMILES string of the molecule is CCCNCc1cnc(N(CC)Cc2ccccn2)s1. The van der Waals surface area contributed by atoms with E-state index in [-0.39, 0.29) is 0 Å². The Hall–Kier alpha value is -1.46. The maximum atomic E-state index is 4.54. The van der Waals surface area contributed by atoms with E-state index in [0.717, 1.165) is 43.4 Å². The molecule has 0 radical (unpaired) electrons. The average molecular weight is 290 g/mol. The van der Waals surface area contributed by atoms with Gasteiger partial charge >= 0.3 is 0 Å². The Bertz CT molecular complexity index is 498. The van der Waals surface area contributed by atoms with E-state index >= 15 is 0 Å². The number of pyridine rings is 1. The largest absolute Gasteiger partial charge is 0.342 e. The molecular formula is C15H22N4S. The van der Waals surface area contributed by atoms with E-state index in [4.69, 9.17) is 0 Å². The molecule has 2 heterocycles. The van der Waals surface area contributed by atoms with Gasteiger partial charge in [-0.1, -0.05) is 13.0 Å². The zero-order chi connectivity index (χ0) is 14.2.